The van der Waals surface area contributed by atoms with Crippen molar-refractivity contribution >= 4 is 34.9 Å². The van der Waals surface area contributed by atoms with Crippen LogP contribution in [-0.4, -0.2) is 18.7 Å². The molecule has 0 amide bonds. The molecule has 1 aromatic carbocycles. The summed E-state index contributed by atoms with van der Waals surface area (Å²) in [5, 5.41) is 0.666. The van der Waals surface area contributed by atoms with Crippen LogP contribution in [0.4, 0.5) is 5.69 Å². The van der Waals surface area contributed by atoms with Gasteiger partial charge in [0.25, 0.3) is 0 Å². The lowest BCUT2D eigenvalue weighted by Crippen LogP contribution is -2.29. The molecule has 19 heavy (non-hydrogen) atoms. The van der Waals surface area contributed by atoms with Gasteiger partial charge in [0.05, 0.1) is 22.3 Å². The molecule has 0 spiro atoms. The molecule has 0 aliphatic rings. The maximum absolute atomic E-state index is 11.8. The fraction of sp³-hybridized carbons (Fsp3) is 0.462. The van der Waals surface area contributed by atoms with Crippen molar-refractivity contribution in [3.05, 3.63) is 22.2 Å². The molecule has 1 aromatic rings. The number of benzene rings is 1. The number of esters is 1. The molecule has 0 bridgehead atoms. The molecule has 0 saturated heterocycles. The number of hydrogen-bond donors (Lipinski definition) is 1. The molecule has 0 aliphatic carbocycles. The normalized spacial score (nSPS) is 12.0. The molecule has 0 aromatic heterocycles. The summed E-state index contributed by atoms with van der Waals surface area (Å²) in [7, 11) is 0. The van der Waals surface area contributed by atoms with E-state index in [1.807, 2.05) is 6.92 Å². The molecule has 0 fully saturated rings. The summed E-state index contributed by atoms with van der Waals surface area (Å²) >= 11 is 11.7. The topological polar surface area (TPSA) is 61.5 Å². The number of ether oxygens (including phenoxy) is 2. The van der Waals surface area contributed by atoms with Crippen molar-refractivity contribution in [1.29, 1.82) is 0 Å². The summed E-state index contributed by atoms with van der Waals surface area (Å²) in [6, 6.07) is 2.99. The molecule has 0 saturated carbocycles. The Morgan fingerprint density at radius 1 is 1.32 bits per heavy atom. The molecule has 6 heteroatoms. The first kappa shape index (κ1) is 15.9. The predicted octanol–water partition coefficient (Wildman–Crippen LogP) is 3.69. The van der Waals surface area contributed by atoms with Crippen LogP contribution in [-0.2, 0) is 9.53 Å². The first-order valence-electron chi connectivity index (χ1n) is 6.07. The van der Waals surface area contributed by atoms with Crippen LogP contribution in [0.1, 0.15) is 26.7 Å². The molecule has 106 valence electrons. The summed E-state index contributed by atoms with van der Waals surface area (Å²) in [4.78, 5) is 11.8. The molecular formula is C13H17Cl2NO3. The highest BCUT2D eigenvalue weighted by molar-refractivity contribution is 6.42. The van der Waals surface area contributed by atoms with E-state index >= 15 is 0 Å². The van der Waals surface area contributed by atoms with Crippen LogP contribution in [0.25, 0.3) is 0 Å². The van der Waals surface area contributed by atoms with Crippen molar-refractivity contribution in [3.8, 4) is 5.75 Å². The zero-order valence-corrected chi connectivity index (χ0v) is 12.4. The smallest absolute Gasteiger partial charge is 0.347 e. The second-order valence-electron chi connectivity index (χ2n) is 3.95. The maximum atomic E-state index is 11.8. The standard InChI is InChI=1S/C13H17Cl2NO3/c1-3-5-11(13(17)18-4-2)19-12-7-9(15)8(14)6-10(12)16/h6-7,11H,3-5,16H2,1-2H3. The fourth-order valence-corrected chi connectivity index (χ4v) is 1.85. The minimum absolute atomic E-state index is 0.305. The highest BCUT2D eigenvalue weighted by atomic mass is 35.5. The van der Waals surface area contributed by atoms with Gasteiger partial charge >= 0.3 is 5.97 Å². The highest BCUT2D eigenvalue weighted by Crippen LogP contribution is 2.33. The average molecular weight is 306 g/mol. The SMILES string of the molecule is CCCC(Oc1cc(Cl)c(Cl)cc1N)C(=O)OCC. The number of rotatable bonds is 6. The summed E-state index contributed by atoms with van der Waals surface area (Å²) in [6.07, 6.45) is 0.632. The van der Waals surface area contributed by atoms with E-state index in [1.54, 1.807) is 6.92 Å². The molecule has 1 atom stereocenters. The predicted molar refractivity (Wildman–Crippen MR) is 76.8 cm³/mol. The summed E-state index contributed by atoms with van der Waals surface area (Å²) < 4.78 is 10.6. The third kappa shape index (κ3) is 4.48. The molecular weight excluding hydrogens is 289 g/mol. The Morgan fingerprint density at radius 2 is 1.95 bits per heavy atom. The number of nitrogen functional groups attached to an aromatic ring is 1. The van der Waals surface area contributed by atoms with Crippen molar-refractivity contribution in [2.45, 2.75) is 32.8 Å². The van der Waals surface area contributed by atoms with Crippen molar-refractivity contribution in [1.82, 2.24) is 0 Å². The van der Waals surface area contributed by atoms with Gasteiger partial charge in [0, 0.05) is 6.07 Å². The zero-order valence-electron chi connectivity index (χ0n) is 10.9. The van der Waals surface area contributed by atoms with Crippen LogP contribution in [0.5, 0.6) is 5.75 Å². The number of nitrogens with two attached hydrogens (primary N) is 1. The van der Waals surface area contributed by atoms with E-state index in [4.69, 9.17) is 38.4 Å². The summed E-state index contributed by atoms with van der Waals surface area (Å²) in [6.45, 7) is 4.00. The largest absolute Gasteiger partial charge is 0.477 e. The van der Waals surface area contributed by atoms with Gasteiger partial charge in [-0.3, -0.25) is 0 Å². The number of hydrogen-bond acceptors (Lipinski definition) is 4. The van der Waals surface area contributed by atoms with Crippen molar-refractivity contribution in [2.75, 3.05) is 12.3 Å². The molecule has 0 heterocycles. The first-order chi connectivity index (χ1) is 8.99. The first-order valence-corrected chi connectivity index (χ1v) is 6.83. The minimum Gasteiger partial charge on any atom is -0.477 e. The van der Waals surface area contributed by atoms with E-state index in [9.17, 15) is 4.79 Å². The lowest BCUT2D eigenvalue weighted by Gasteiger charge is -2.18. The van der Waals surface area contributed by atoms with Crippen LogP contribution in [0.15, 0.2) is 12.1 Å². The van der Waals surface area contributed by atoms with E-state index in [1.165, 1.54) is 12.1 Å². The molecule has 1 unspecified atom stereocenters. The second-order valence-corrected chi connectivity index (χ2v) is 4.77. The van der Waals surface area contributed by atoms with Gasteiger partial charge in [-0.25, -0.2) is 4.79 Å². The maximum Gasteiger partial charge on any atom is 0.347 e. The minimum atomic E-state index is -0.690. The summed E-state index contributed by atoms with van der Waals surface area (Å²) in [5.41, 5.74) is 6.12. The fourth-order valence-electron chi connectivity index (χ4n) is 1.52. The van der Waals surface area contributed by atoms with E-state index in [2.05, 4.69) is 0 Å². The lowest BCUT2D eigenvalue weighted by atomic mass is 10.2. The third-order valence-electron chi connectivity index (χ3n) is 2.42. The Bertz CT molecular complexity index is 452. The van der Waals surface area contributed by atoms with Crippen LogP contribution < -0.4 is 10.5 Å². The molecule has 4 nitrogen and oxygen atoms in total. The van der Waals surface area contributed by atoms with E-state index in [-0.39, 0.29) is 0 Å². The summed E-state index contributed by atoms with van der Waals surface area (Å²) in [5.74, 6) is -0.0734. The third-order valence-corrected chi connectivity index (χ3v) is 3.14. The van der Waals surface area contributed by atoms with Gasteiger partial charge in [-0.15, -0.1) is 0 Å². The van der Waals surface area contributed by atoms with Gasteiger partial charge in [0.1, 0.15) is 5.75 Å². The molecule has 0 aliphatic heterocycles. The Kier molecular flexibility index (Phi) is 6.25. The van der Waals surface area contributed by atoms with E-state index in [0.29, 0.717) is 34.5 Å². The van der Waals surface area contributed by atoms with Crippen LogP contribution in [0.3, 0.4) is 0 Å². The second kappa shape index (κ2) is 7.46. The Balaban J connectivity index is 2.90. The molecule has 2 N–H and O–H groups in total. The number of halogens is 2. The number of carbonyl (C=O) groups excluding carboxylic acids is 1. The Morgan fingerprint density at radius 3 is 2.53 bits per heavy atom. The average Bonchev–Trinajstić information content (AvgIpc) is 2.35. The van der Waals surface area contributed by atoms with Gasteiger partial charge in [-0.05, 0) is 19.4 Å². The Labute approximate surface area is 122 Å². The van der Waals surface area contributed by atoms with Gasteiger partial charge in [-0.1, -0.05) is 36.5 Å². The van der Waals surface area contributed by atoms with Gasteiger partial charge in [-0.2, -0.15) is 0 Å². The van der Waals surface area contributed by atoms with Gasteiger partial charge in [0.15, 0.2) is 6.10 Å². The lowest BCUT2D eigenvalue weighted by molar-refractivity contribution is -0.151. The number of carbonyl (C=O) groups is 1. The van der Waals surface area contributed by atoms with E-state index in [0.717, 1.165) is 6.42 Å². The molecule has 1 rings (SSSR count). The van der Waals surface area contributed by atoms with Crippen LogP contribution >= 0.6 is 23.2 Å². The van der Waals surface area contributed by atoms with E-state index < -0.39 is 12.1 Å². The monoisotopic (exact) mass is 305 g/mol. The quantitative estimate of drug-likeness (QED) is 0.643. The highest BCUT2D eigenvalue weighted by Gasteiger charge is 2.22. The van der Waals surface area contributed by atoms with Crippen LogP contribution in [0.2, 0.25) is 10.0 Å². The van der Waals surface area contributed by atoms with Gasteiger partial charge < -0.3 is 15.2 Å². The van der Waals surface area contributed by atoms with Crippen molar-refractivity contribution in [2.24, 2.45) is 0 Å². The molecule has 0 radical (unpaired) electrons. The zero-order chi connectivity index (χ0) is 14.4. The van der Waals surface area contributed by atoms with Crippen LogP contribution in [0, 0.1) is 0 Å². The van der Waals surface area contributed by atoms with Crippen molar-refractivity contribution in [3.63, 3.8) is 0 Å². The number of anilines is 1. The van der Waals surface area contributed by atoms with Crippen molar-refractivity contribution < 1.29 is 14.3 Å². The van der Waals surface area contributed by atoms with Gasteiger partial charge in [0.2, 0.25) is 0 Å². The Hall–Kier alpha value is -1.13.